The molecule has 142 valence electrons. The lowest BCUT2D eigenvalue weighted by atomic mass is 10.1. The van der Waals surface area contributed by atoms with E-state index in [-0.39, 0.29) is 5.82 Å². The molecule has 0 spiro atoms. The Labute approximate surface area is 162 Å². The minimum absolute atomic E-state index is 0.329. The lowest BCUT2D eigenvalue weighted by molar-refractivity contribution is 0.617. The van der Waals surface area contributed by atoms with E-state index in [9.17, 15) is 4.39 Å². The van der Waals surface area contributed by atoms with Crippen molar-refractivity contribution in [1.29, 1.82) is 0 Å². The predicted molar refractivity (Wildman–Crippen MR) is 108 cm³/mol. The fourth-order valence-electron chi connectivity index (χ4n) is 3.88. The lowest BCUT2D eigenvalue weighted by Gasteiger charge is -2.18. The summed E-state index contributed by atoms with van der Waals surface area (Å²) in [5.74, 6) is -0.357. The van der Waals surface area contributed by atoms with Gasteiger partial charge in [-0.25, -0.2) is 19.3 Å². The third kappa shape index (κ3) is 2.88. The second kappa shape index (κ2) is 6.53. The zero-order chi connectivity index (χ0) is 19.3. The number of aromatic nitrogens is 4. The van der Waals surface area contributed by atoms with Crippen LogP contribution >= 0.6 is 0 Å². The van der Waals surface area contributed by atoms with Crippen LogP contribution in [0.25, 0.3) is 27.9 Å². The van der Waals surface area contributed by atoms with Gasteiger partial charge in [0.1, 0.15) is 0 Å². The van der Waals surface area contributed by atoms with Crippen LogP contribution in [0, 0.1) is 12.7 Å². The Morgan fingerprint density at radius 2 is 2.07 bits per heavy atom. The second-order valence-electron chi connectivity index (χ2n) is 7.35. The first kappa shape index (κ1) is 17.1. The molecule has 7 heteroatoms. The van der Waals surface area contributed by atoms with Crippen LogP contribution < -0.4 is 10.2 Å². The summed E-state index contributed by atoms with van der Waals surface area (Å²) in [5, 5.41) is 4.31. The maximum absolute atomic E-state index is 14.4. The van der Waals surface area contributed by atoms with Gasteiger partial charge in [-0.15, -0.1) is 0 Å². The summed E-state index contributed by atoms with van der Waals surface area (Å²) < 4.78 is 16.1. The number of rotatable bonds is 3. The summed E-state index contributed by atoms with van der Waals surface area (Å²) in [7, 11) is 2.00. The van der Waals surface area contributed by atoms with E-state index < -0.39 is 0 Å². The highest BCUT2D eigenvalue weighted by atomic mass is 19.1. The molecule has 4 aromatic heterocycles. The highest BCUT2D eigenvalue weighted by Crippen LogP contribution is 2.26. The smallest absolute Gasteiger partial charge is 0.173 e. The Balaban J connectivity index is 1.51. The monoisotopic (exact) mass is 376 g/mol. The molecule has 1 atom stereocenters. The molecule has 5 heterocycles. The fraction of sp³-hybridized carbons (Fsp3) is 0.286. The van der Waals surface area contributed by atoms with Crippen LogP contribution in [0.2, 0.25) is 0 Å². The first-order valence-electron chi connectivity index (χ1n) is 9.45. The van der Waals surface area contributed by atoms with Crippen LogP contribution in [-0.2, 0) is 0 Å². The molecule has 5 rings (SSSR count). The van der Waals surface area contributed by atoms with Gasteiger partial charge in [0.05, 0.1) is 23.3 Å². The molecule has 1 unspecified atom stereocenters. The van der Waals surface area contributed by atoms with Crippen molar-refractivity contribution in [3.05, 3.63) is 54.4 Å². The number of halogens is 1. The molecular formula is C21H21FN6. The quantitative estimate of drug-likeness (QED) is 0.595. The highest BCUT2D eigenvalue weighted by molar-refractivity contribution is 5.81. The Morgan fingerprint density at radius 1 is 1.18 bits per heavy atom. The van der Waals surface area contributed by atoms with Gasteiger partial charge in [0.25, 0.3) is 0 Å². The van der Waals surface area contributed by atoms with Gasteiger partial charge in [0.15, 0.2) is 17.1 Å². The molecule has 0 saturated carbocycles. The van der Waals surface area contributed by atoms with E-state index in [1.54, 1.807) is 4.40 Å². The number of imidazole rings is 1. The molecule has 0 aromatic carbocycles. The molecule has 1 fully saturated rings. The number of nitrogens with one attached hydrogen (secondary N) is 1. The lowest BCUT2D eigenvalue weighted by Crippen LogP contribution is -2.29. The largest absolute Gasteiger partial charge is 0.369 e. The summed E-state index contributed by atoms with van der Waals surface area (Å²) in [6, 6.07) is 8.04. The number of pyridine rings is 3. The van der Waals surface area contributed by atoms with Gasteiger partial charge < -0.3 is 14.6 Å². The molecule has 1 N–H and O–H groups in total. The Hall–Kier alpha value is -3.06. The van der Waals surface area contributed by atoms with Crippen LogP contribution in [-0.4, -0.2) is 45.5 Å². The third-order valence-electron chi connectivity index (χ3n) is 5.41. The number of anilines is 1. The summed E-state index contributed by atoms with van der Waals surface area (Å²) in [6.07, 6.45) is 6.67. The van der Waals surface area contributed by atoms with Gasteiger partial charge in [-0.3, -0.25) is 0 Å². The van der Waals surface area contributed by atoms with E-state index in [0.717, 1.165) is 36.3 Å². The number of nitrogens with zero attached hydrogens (tertiary/aromatic N) is 5. The topological polar surface area (TPSA) is 58.3 Å². The first-order valence-corrected chi connectivity index (χ1v) is 9.45. The molecule has 1 saturated heterocycles. The van der Waals surface area contributed by atoms with Crippen molar-refractivity contribution in [3.63, 3.8) is 0 Å². The molecular weight excluding hydrogens is 355 g/mol. The molecule has 0 amide bonds. The van der Waals surface area contributed by atoms with Crippen molar-refractivity contribution < 1.29 is 4.39 Å². The van der Waals surface area contributed by atoms with Gasteiger partial charge >= 0.3 is 0 Å². The van der Waals surface area contributed by atoms with Crippen molar-refractivity contribution >= 4 is 22.4 Å². The Morgan fingerprint density at radius 3 is 2.89 bits per heavy atom. The number of fused-ring (bicyclic) bond motifs is 2. The highest BCUT2D eigenvalue weighted by Gasteiger charge is 2.21. The minimum Gasteiger partial charge on any atom is -0.369 e. The van der Waals surface area contributed by atoms with E-state index >= 15 is 0 Å². The summed E-state index contributed by atoms with van der Waals surface area (Å²) in [6.45, 7) is 3.85. The molecule has 6 nitrogen and oxygen atoms in total. The van der Waals surface area contributed by atoms with Crippen LogP contribution in [0.4, 0.5) is 10.1 Å². The van der Waals surface area contributed by atoms with E-state index in [0.29, 0.717) is 28.6 Å². The van der Waals surface area contributed by atoms with Crippen LogP contribution in [0.5, 0.6) is 0 Å². The normalized spacial score (nSPS) is 17.1. The van der Waals surface area contributed by atoms with Crippen LogP contribution in [0.3, 0.4) is 0 Å². The maximum atomic E-state index is 14.4. The molecule has 1 aliphatic rings. The zero-order valence-corrected chi connectivity index (χ0v) is 15.9. The van der Waals surface area contributed by atoms with E-state index in [1.165, 1.54) is 6.07 Å². The van der Waals surface area contributed by atoms with Crippen molar-refractivity contribution in [2.75, 3.05) is 25.0 Å². The molecule has 0 radical (unpaired) electrons. The Bertz CT molecular complexity index is 1180. The van der Waals surface area contributed by atoms with Crippen LogP contribution in [0.15, 0.2) is 42.9 Å². The van der Waals surface area contributed by atoms with Gasteiger partial charge in [0.2, 0.25) is 0 Å². The van der Waals surface area contributed by atoms with E-state index in [1.807, 2.05) is 44.7 Å². The number of aryl methyl sites for hydroxylation is 1. The van der Waals surface area contributed by atoms with Gasteiger partial charge in [-0.2, -0.15) is 0 Å². The number of hydrogen-bond donors (Lipinski definition) is 1. The van der Waals surface area contributed by atoms with E-state index in [2.05, 4.69) is 31.2 Å². The van der Waals surface area contributed by atoms with Gasteiger partial charge in [-0.1, -0.05) is 0 Å². The van der Waals surface area contributed by atoms with Gasteiger partial charge in [0, 0.05) is 42.5 Å². The molecule has 0 aliphatic carbocycles. The first-order chi connectivity index (χ1) is 13.6. The Kier molecular flexibility index (Phi) is 3.98. The van der Waals surface area contributed by atoms with Crippen molar-refractivity contribution in [2.45, 2.75) is 19.4 Å². The van der Waals surface area contributed by atoms with Crippen molar-refractivity contribution in [2.24, 2.45) is 0 Å². The summed E-state index contributed by atoms with van der Waals surface area (Å²) in [5.41, 5.74) is 4.27. The standard InChI is InChI=1S/C21H21FN6/c1-13-10-28-11-15(8-18(22)21(28)25-13)19-4-3-14-7-17(9-24-20(14)26-19)27-6-5-16(12-27)23-2/h3-4,7-11,16,23H,5-6,12H2,1-2H3. The SMILES string of the molecule is CNC1CCN(c2cnc3nc(-c4cc(F)c5nc(C)cn5c4)ccc3c2)C1. The summed E-state index contributed by atoms with van der Waals surface area (Å²) >= 11 is 0. The maximum Gasteiger partial charge on any atom is 0.173 e. The second-order valence-corrected chi connectivity index (χ2v) is 7.35. The van der Waals surface area contributed by atoms with E-state index in [4.69, 9.17) is 0 Å². The third-order valence-corrected chi connectivity index (χ3v) is 5.41. The average molecular weight is 376 g/mol. The molecule has 0 bridgehead atoms. The molecule has 1 aliphatic heterocycles. The zero-order valence-electron chi connectivity index (χ0n) is 15.9. The number of likely N-dealkylation sites (N-methyl/N-ethyl adjacent to an activating group) is 1. The van der Waals surface area contributed by atoms with Crippen molar-refractivity contribution in [1.82, 2.24) is 24.7 Å². The molecule has 28 heavy (non-hydrogen) atoms. The predicted octanol–water partition coefficient (Wildman–Crippen LogP) is 3.19. The summed E-state index contributed by atoms with van der Waals surface area (Å²) in [4.78, 5) is 15.8. The average Bonchev–Trinajstić information content (AvgIpc) is 3.33. The molecule has 4 aromatic rings. The minimum atomic E-state index is -0.357. The van der Waals surface area contributed by atoms with Crippen molar-refractivity contribution in [3.8, 4) is 11.3 Å². The number of hydrogen-bond acceptors (Lipinski definition) is 5. The van der Waals surface area contributed by atoms with Gasteiger partial charge in [-0.05, 0) is 44.7 Å². The fourth-order valence-corrected chi connectivity index (χ4v) is 3.88. The van der Waals surface area contributed by atoms with Crippen LogP contribution in [0.1, 0.15) is 12.1 Å².